The minimum Gasteiger partial charge on any atom is -0.490 e. The van der Waals surface area contributed by atoms with Crippen LogP contribution in [0.5, 0.6) is 11.5 Å². The summed E-state index contributed by atoms with van der Waals surface area (Å²) in [5.74, 6) is 1.60. The number of nitrogens with zero attached hydrogens (tertiary/aromatic N) is 2. The van der Waals surface area contributed by atoms with Crippen LogP contribution in [0, 0.1) is 6.92 Å². The third-order valence-electron chi connectivity index (χ3n) is 15.5. The first-order valence-corrected chi connectivity index (χ1v) is 26.5. The molecule has 73 heavy (non-hydrogen) atoms. The van der Waals surface area contributed by atoms with Gasteiger partial charge >= 0.3 is 0 Å². The molecule has 0 spiro atoms. The van der Waals surface area contributed by atoms with Crippen molar-refractivity contribution >= 4 is 57.2 Å². The summed E-state index contributed by atoms with van der Waals surface area (Å²) < 4.78 is 13.2. The van der Waals surface area contributed by atoms with Crippen LogP contribution in [0.4, 0.5) is 34.1 Å². The van der Waals surface area contributed by atoms with E-state index in [0.29, 0.717) is 13.2 Å². The van der Waals surface area contributed by atoms with Crippen LogP contribution in [0.25, 0.3) is 33.4 Å². The van der Waals surface area contributed by atoms with Gasteiger partial charge in [0.15, 0.2) is 11.5 Å². The fraction of sp³-hybridized carbons (Fsp3) is 0.294. The van der Waals surface area contributed by atoms with Gasteiger partial charge in [-0.2, -0.15) is 0 Å². The van der Waals surface area contributed by atoms with E-state index >= 15 is 0 Å². The predicted molar refractivity (Wildman–Crippen MR) is 312 cm³/mol. The van der Waals surface area contributed by atoms with Gasteiger partial charge < -0.3 is 19.3 Å². The lowest BCUT2D eigenvalue weighted by molar-refractivity contribution is 0.297. The standard InChI is InChI=1S/C68H71BN2O2/c1-43-34-60-64-61(35-43)71(57-30-28-51(67(8,9)10)39-54(57)46-18-15-14-16-19-46)59-42-63-62(72-32-17-33-73-63)41-56(59)69(64)55-40-52(68(11,12)13)29-31-58(55)70(60)53-37-47(44-20-24-49(25-21-44)65(2,3)4)36-48(38-53)45-22-26-50(27-23-45)66(5,6)7/h14-16,18-31,34-42H,17,32-33H2,1-13H3. The summed E-state index contributed by atoms with van der Waals surface area (Å²) in [7, 11) is 0. The van der Waals surface area contributed by atoms with E-state index in [1.165, 1.54) is 94.6 Å². The molecule has 3 heterocycles. The Balaban J connectivity index is 1.22. The highest BCUT2D eigenvalue weighted by atomic mass is 16.5. The van der Waals surface area contributed by atoms with Crippen LogP contribution < -0.4 is 35.7 Å². The van der Waals surface area contributed by atoms with Gasteiger partial charge in [0.25, 0.3) is 6.71 Å². The van der Waals surface area contributed by atoms with Crippen LogP contribution in [0.2, 0.25) is 0 Å². The van der Waals surface area contributed by atoms with Gasteiger partial charge in [0.1, 0.15) is 0 Å². The number of anilines is 6. The maximum atomic E-state index is 6.61. The van der Waals surface area contributed by atoms with Crippen molar-refractivity contribution in [1.82, 2.24) is 0 Å². The predicted octanol–water partition coefficient (Wildman–Crippen LogP) is 16.4. The van der Waals surface area contributed by atoms with Crippen LogP contribution in [0.3, 0.4) is 0 Å². The van der Waals surface area contributed by atoms with Crippen LogP contribution in [0.1, 0.15) is 117 Å². The molecule has 8 aromatic rings. The minimum absolute atomic E-state index is 0.0468. The Morgan fingerprint density at radius 2 is 0.863 bits per heavy atom. The van der Waals surface area contributed by atoms with Crippen LogP contribution >= 0.6 is 0 Å². The molecule has 0 N–H and O–H groups in total. The Kier molecular flexibility index (Phi) is 11.7. The van der Waals surface area contributed by atoms with Crippen LogP contribution in [-0.2, 0) is 21.7 Å². The number of hydrogen-bond donors (Lipinski definition) is 0. The molecule has 0 aliphatic carbocycles. The zero-order chi connectivity index (χ0) is 51.4. The molecule has 0 unspecified atom stereocenters. The van der Waals surface area contributed by atoms with Gasteiger partial charge in [0, 0.05) is 46.5 Å². The van der Waals surface area contributed by atoms with Crippen molar-refractivity contribution in [3.05, 3.63) is 186 Å². The second kappa shape index (κ2) is 17.6. The third-order valence-corrected chi connectivity index (χ3v) is 15.5. The fourth-order valence-corrected chi connectivity index (χ4v) is 11.2. The highest BCUT2D eigenvalue weighted by Crippen LogP contribution is 2.50. The van der Waals surface area contributed by atoms with Crippen molar-refractivity contribution in [2.75, 3.05) is 23.0 Å². The summed E-state index contributed by atoms with van der Waals surface area (Å²) in [6.07, 6.45) is 0.831. The Morgan fingerprint density at radius 1 is 0.384 bits per heavy atom. The van der Waals surface area contributed by atoms with Gasteiger partial charge in [-0.15, -0.1) is 0 Å². The highest BCUT2D eigenvalue weighted by Gasteiger charge is 2.45. The average Bonchev–Trinajstić information content (AvgIpc) is 3.60. The lowest BCUT2D eigenvalue weighted by atomic mass is 9.33. The van der Waals surface area contributed by atoms with Crippen molar-refractivity contribution in [2.24, 2.45) is 0 Å². The molecule has 368 valence electrons. The van der Waals surface area contributed by atoms with Gasteiger partial charge in [-0.25, -0.2) is 0 Å². The van der Waals surface area contributed by atoms with Gasteiger partial charge in [-0.3, -0.25) is 0 Å². The molecule has 0 amide bonds. The summed E-state index contributed by atoms with van der Waals surface area (Å²) >= 11 is 0. The summed E-state index contributed by atoms with van der Waals surface area (Å²) in [4.78, 5) is 5.13. The minimum atomic E-state index is -0.103. The number of fused-ring (bicyclic) bond motifs is 5. The molecule has 11 rings (SSSR count). The topological polar surface area (TPSA) is 24.9 Å². The first-order chi connectivity index (χ1) is 34.6. The van der Waals surface area contributed by atoms with Gasteiger partial charge in [0.05, 0.1) is 18.9 Å². The van der Waals surface area contributed by atoms with Gasteiger partial charge in [-0.1, -0.05) is 180 Å². The maximum absolute atomic E-state index is 6.61. The molecule has 0 radical (unpaired) electrons. The second-order valence-electron chi connectivity index (χ2n) is 25.0. The number of rotatable bonds is 5. The Hall–Kier alpha value is -6.98. The van der Waals surface area contributed by atoms with E-state index in [-0.39, 0.29) is 28.4 Å². The molecule has 0 atom stereocenters. The highest BCUT2D eigenvalue weighted by molar-refractivity contribution is 7.00. The number of ether oxygens (including phenoxy) is 2. The molecule has 0 fully saturated rings. The van der Waals surface area contributed by atoms with Crippen molar-refractivity contribution in [1.29, 1.82) is 0 Å². The molecule has 0 bridgehead atoms. The van der Waals surface area contributed by atoms with E-state index in [4.69, 9.17) is 9.47 Å². The number of benzene rings is 8. The molecule has 3 aliphatic heterocycles. The first kappa shape index (κ1) is 48.3. The van der Waals surface area contributed by atoms with Crippen molar-refractivity contribution < 1.29 is 9.47 Å². The zero-order valence-electron chi connectivity index (χ0n) is 45.4. The monoisotopic (exact) mass is 959 g/mol. The van der Waals surface area contributed by atoms with E-state index in [0.717, 1.165) is 35.0 Å². The number of hydrogen-bond acceptors (Lipinski definition) is 4. The SMILES string of the molecule is Cc1cc2c3c(c1)N(c1ccc(C(C)(C)C)cc1-c1ccccc1)c1cc4c(cc1B3c1cc(C(C)(C)C)ccc1N2c1cc(-c2ccc(C(C)(C)C)cc2)cc(-c2ccc(C(C)(C)C)cc2)c1)OCCCO4. The summed E-state index contributed by atoms with van der Waals surface area (Å²) in [6, 6.07) is 60.5. The molecule has 5 heteroatoms. The van der Waals surface area contributed by atoms with E-state index in [9.17, 15) is 0 Å². The van der Waals surface area contributed by atoms with Crippen LogP contribution in [-0.4, -0.2) is 19.9 Å². The van der Waals surface area contributed by atoms with E-state index in [2.05, 4.69) is 258 Å². The average molecular weight is 959 g/mol. The Morgan fingerprint density at radius 3 is 1.41 bits per heavy atom. The third kappa shape index (κ3) is 8.83. The lowest BCUT2D eigenvalue weighted by Crippen LogP contribution is -2.61. The van der Waals surface area contributed by atoms with Crippen LogP contribution in [0.15, 0.2) is 158 Å². The molecule has 4 nitrogen and oxygen atoms in total. The number of aryl methyl sites for hydroxylation is 1. The summed E-state index contributed by atoms with van der Waals surface area (Å²) in [5, 5.41) is 0. The Bertz CT molecular complexity index is 3340. The Labute approximate surface area is 436 Å². The maximum Gasteiger partial charge on any atom is 0.252 e. The van der Waals surface area contributed by atoms with Crippen molar-refractivity contribution in [2.45, 2.75) is 118 Å². The molecule has 8 aromatic carbocycles. The van der Waals surface area contributed by atoms with Gasteiger partial charge in [0.2, 0.25) is 0 Å². The largest absolute Gasteiger partial charge is 0.490 e. The normalized spacial score (nSPS) is 14.3. The fourth-order valence-electron chi connectivity index (χ4n) is 11.2. The van der Waals surface area contributed by atoms with E-state index in [1.807, 2.05) is 0 Å². The lowest BCUT2D eigenvalue weighted by Gasteiger charge is -2.45. The molecule has 0 saturated heterocycles. The second-order valence-corrected chi connectivity index (χ2v) is 25.0. The van der Waals surface area contributed by atoms with E-state index in [1.54, 1.807) is 0 Å². The van der Waals surface area contributed by atoms with Gasteiger partial charge in [-0.05, 0) is 155 Å². The van der Waals surface area contributed by atoms with Crippen molar-refractivity contribution in [3.63, 3.8) is 0 Å². The molecular formula is C68H71BN2O2. The summed E-state index contributed by atoms with van der Waals surface area (Å²) in [5.41, 5.74) is 24.2. The zero-order valence-corrected chi connectivity index (χ0v) is 45.4. The quantitative estimate of drug-likeness (QED) is 0.161. The molecule has 0 saturated carbocycles. The molecule has 0 aromatic heterocycles. The molecular weight excluding hydrogens is 888 g/mol. The first-order valence-electron chi connectivity index (χ1n) is 26.5. The smallest absolute Gasteiger partial charge is 0.252 e. The molecule has 3 aliphatic rings. The van der Waals surface area contributed by atoms with E-state index < -0.39 is 0 Å². The van der Waals surface area contributed by atoms with Crippen molar-refractivity contribution in [3.8, 4) is 44.9 Å². The summed E-state index contributed by atoms with van der Waals surface area (Å²) in [6.45, 7) is 31.0.